The van der Waals surface area contributed by atoms with Gasteiger partial charge in [0.1, 0.15) is 16.6 Å². The van der Waals surface area contributed by atoms with Crippen LogP contribution in [0.3, 0.4) is 0 Å². The molecule has 2 aromatic heterocycles. The van der Waals surface area contributed by atoms with Crippen LogP contribution in [0, 0.1) is 17.9 Å². The second-order valence-corrected chi connectivity index (χ2v) is 7.37. The van der Waals surface area contributed by atoms with Crippen molar-refractivity contribution in [3.8, 4) is 17.5 Å². The first kappa shape index (κ1) is 19.2. The van der Waals surface area contributed by atoms with E-state index in [4.69, 9.17) is 11.0 Å². The van der Waals surface area contributed by atoms with Gasteiger partial charge in [0.25, 0.3) is 17.5 Å². The Labute approximate surface area is 175 Å². The van der Waals surface area contributed by atoms with Crippen LogP contribution in [0.1, 0.15) is 18.9 Å². The number of carbonyl (C=O) groups is 2. The van der Waals surface area contributed by atoms with Crippen LogP contribution in [0.2, 0.25) is 0 Å². The molecule has 1 aliphatic heterocycles. The predicted molar refractivity (Wildman–Crippen MR) is 110 cm³/mol. The van der Waals surface area contributed by atoms with Crippen LogP contribution < -0.4 is 0 Å². The van der Waals surface area contributed by atoms with E-state index in [9.17, 15) is 14.9 Å². The summed E-state index contributed by atoms with van der Waals surface area (Å²) in [4.78, 5) is 38.7. The SMILES string of the molecule is [C-]#[N+]c1ccc(-c2nc3sc(/C=C4\C(=O)N(CC)C(=O)C(C#N)=C4C)nc3o2)cc1. The summed E-state index contributed by atoms with van der Waals surface area (Å²) in [7, 11) is 0. The highest BCUT2D eigenvalue weighted by Crippen LogP contribution is 2.32. The summed E-state index contributed by atoms with van der Waals surface area (Å²) in [6.45, 7) is 10.4. The molecule has 2 amide bonds. The minimum Gasteiger partial charge on any atom is -0.417 e. The van der Waals surface area contributed by atoms with E-state index in [1.54, 1.807) is 44.2 Å². The number of nitrogens with zero attached hydrogens (tertiary/aromatic N) is 5. The topological polar surface area (TPSA) is 104 Å². The Balaban J connectivity index is 1.72. The third-order valence-corrected chi connectivity index (χ3v) is 5.52. The molecule has 0 aliphatic carbocycles. The Morgan fingerprint density at radius 2 is 2.00 bits per heavy atom. The Morgan fingerprint density at radius 1 is 1.27 bits per heavy atom. The van der Waals surface area contributed by atoms with E-state index in [2.05, 4.69) is 14.8 Å². The maximum absolute atomic E-state index is 12.7. The monoisotopic (exact) mass is 415 g/mol. The third kappa shape index (κ3) is 3.08. The van der Waals surface area contributed by atoms with E-state index < -0.39 is 11.8 Å². The number of hydrogen-bond acceptors (Lipinski definition) is 7. The molecule has 1 aliphatic rings. The highest BCUT2D eigenvalue weighted by molar-refractivity contribution is 7.18. The highest BCUT2D eigenvalue weighted by atomic mass is 32.1. The van der Waals surface area contributed by atoms with Crippen LogP contribution in [0.15, 0.2) is 45.4 Å². The molecule has 0 saturated carbocycles. The number of nitriles is 1. The van der Waals surface area contributed by atoms with Gasteiger partial charge in [0.15, 0.2) is 10.5 Å². The quantitative estimate of drug-likeness (QED) is 0.362. The molecule has 9 heteroatoms. The minimum atomic E-state index is -0.580. The van der Waals surface area contributed by atoms with Crippen molar-refractivity contribution in [3.63, 3.8) is 0 Å². The first-order valence-electron chi connectivity index (χ1n) is 8.91. The molecule has 146 valence electrons. The molecule has 0 N–H and O–H groups in total. The fraction of sp³-hybridized carbons (Fsp3) is 0.143. The number of amides is 2. The highest BCUT2D eigenvalue weighted by Gasteiger charge is 2.34. The molecule has 3 heterocycles. The molecule has 3 aromatic rings. The van der Waals surface area contributed by atoms with Gasteiger partial charge in [0, 0.05) is 17.7 Å². The van der Waals surface area contributed by atoms with E-state index in [0.29, 0.717) is 32.7 Å². The summed E-state index contributed by atoms with van der Waals surface area (Å²) in [5.41, 5.74) is 2.11. The van der Waals surface area contributed by atoms with Gasteiger partial charge in [-0.1, -0.05) is 35.6 Å². The number of likely N-dealkylation sites (N-methyl/N-ethyl adjacent to an activating group) is 1. The molecule has 4 rings (SSSR count). The van der Waals surface area contributed by atoms with Crippen LogP contribution >= 0.6 is 11.3 Å². The number of benzene rings is 1. The van der Waals surface area contributed by atoms with Crippen molar-refractivity contribution >= 4 is 45.5 Å². The van der Waals surface area contributed by atoms with E-state index >= 15 is 0 Å². The Hall–Kier alpha value is -4.08. The zero-order valence-electron chi connectivity index (χ0n) is 16.0. The Bertz CT molecular complexity index is 1310. The molecule has 0 unspecified atom stereocenters. The molecule has 30 heavy (non-hydrogen) atoms. The molecular weight excluding hydrogens is 402 g/mol. The maximum atomic E-state index is 12.7. The number of fused-ring (bicyclic) bond motifs is 1. The first-order valence-corrected chi connectivity index (χ1v) is 9.73. The average molecular weight is 415 g/mol. The van der Waals surface area contributed by atoms with Crippen molar-refractivity contribution in [3.05, 3.63) is 57.4 Å². The molecule has 0 radical (unpaired) electrons. The van der Waals surface area contributed by atoms with E-state index in [0.717, 1.165) is 10.5 Å². The maximum Gasteiger partial charge on any atom is 0.271 e. The fourth-order valence-electron chi connectivity index (χ4n) is 3.06. The zero-order chi connectivity index (χ0) is 21.4. The molecule has 1 aromatic carbocycles. The Morgan fingerprint density at radius 3 is 2.60 bits per heavy atom. The second kappa shape index (κ2) is 7.39. The predicted octanol–water partition coefficient (Wildman–Crippen LogP) is 4.11. The lowest BCUT2D eigenvalue weighted by atomic mass is 9.95. The van der Waals surface area contributed by atoms with Crippen molar-refractivity contribution in [2.45, 2.75) is 13.8 Å². The standard InChI is InChI=1S/C21H13N5O3S/c1-4-26-20(27)14(11(2)15(10-22)21(26)28)9-16-24-18-19(30-16)25-17(29-18)12-5-7-13(23-3)8-6-12/h5-9H,4H2,1-2H3/b14-9-. The van der Waals surface area contributed by atoms with Crippen molar-refractivity contribution in [2.75, 3.05) is 6.54 Å². The lowest BCUT2D eigenvalue weighted by Gasteiger charge is -2.25. The third-order valence-electron chi connectivity index (χ3n) is 4.65. The normalized spacial score (nSPS) is 15.7. The number of thiazole rings is 1. The van der Waals surface area contributed by atoms with Gasteiger partial charge in [-0.2, -0.15) is 15.2 Å². The van der Waals surface area contributed by atoms with Crippen LogP contribution in [-0.2, 0) is 9.59 Å². The largest absolute Gasteiger partial charge is 0.417 e. The lowest BCUT2D eigenvalue weighted by Crippen LogP contribution is -2.42. The van der Waals surface area contributed by atoms with Gasteiger partial charge in [0.2, 0.25) is 5.89 Å². The average Bonchev–Trinajstić information content (AvgIpc) is 3.31. The summed E-state index contributed by atoms with van der Waals surface area (Å²) >= 11 is 1.23. The van der Waals surface area contributed by atoms with Gasteiger partial charge >= 0.3 is 0 Å². The van der Waals surface area contributed by atoms with E-state index in [1.807, 2.05) is 6.07 Å². The van der Waals surface area contributed by atoms with Crippen molar-refractivity contribution < 1.29 is 14.0 Å². The zero-order valence-corrected chi connectivity index (χ0v) is 16.8. The number of aromatic nitrogens is 2. The summed E-state index contributed by atoms with van der Waals surface area (Å²) < 4.78 is 5.72. The lowest BCUT2D eigenvalue weighted by molar-refractivity contribution is -0.140. The minimum absolute atomic E-state index is 0.0498. The van der Waals surface area contributed by atoms with Gasteiger partial charge in [-0.3, -0.25) is 14.5 Å². The van der Waals surface area contributed by atoms with Crippen molar-refractivity contribution in [1.29, 1.82) is 5.26 Å². The molecule has 0 saturated heterocycles. The van der Waals surface area contributed by atoms with Gasteiger partial charge in [-0.25, -0.2) is 4.85 Å². The van der Waals surface area contributed by atoms with Crippen molar-refractivity contribution in [2.24, 2.45) is 0 Å². The van der Waals surface area contributed by atoms with Crippen LogP contribution in [-0.4, -0.2) is 33.2 Å². The molecule has 0 bridgehead atoms. The molecule has 0 spiro atoms. The molecule has 0 atom stereocenters. The molecule has 0 fully saturated rings. The summed E-state index contributed by atoms with van der Waals surface area (Å²) in [6, 6.07) is 8.75. The van der Waals surface area contributed by atoms with Crippen LogP contribution in [0.5, 0.6) is 0 Å². The fourth-order valence-corrected chi connectivity index (χ4v) is 3.87. The van der Waals surface area contributed by atoms with Gasteiger partial charge < -0.3 is 4.42 Å². The van der Waals surface area contributed by atoms with Crippen LogP contribution in [0.4, 0.5) is 5.69 Å². The molecular formula is C21H13N5O3S. The number of hydrogen-bond donors (Lipinski definition) is 0. The summed E-state index contributed by atoms with van der Waals surface area (Å²) in [5.74, 6) is -0.652. The number of carbonyl (C=O) groups excluding carboxylic acids is 2. The number of oxazole rings is 1. The number of imide groups is 1. The first-order chi connectivity index (χ1) is 14.5. The van der Waals surface area contributed by atoms with Crippen LogP contribution in [0.25, 0.3) is 32.9 Å². The van der Waals surface area contributed by atoms with E-state index in [1.165, 1.54) is 11.3 Å². The summed E-state index contributed by atoms with van der Waals surface area (Å²) in [6.07, 6.45) is 1.55. The van der Waals surface area contributed by atoms with Gasteiger partial charge in [-0.15, -0.1) is 0 Å². The summed E-state index contributed by atoms with van der Waals surface area (Å²) in [5, 5.41) is 9.80. The smallest absolute Gasteiger partial charge is 0.271 e. The second-order valence-electron chi connectivity index (χ2n) is 6.36. The van der Waals surface area contributed by atoms with Gasteiger partial charge in [0.05, 0.1) is 6.57 Å². The Kier molecular flexibility index (Phi) is 4.74. The van der Waals surface area contributed by atoms with E-state index in [-0.39, 0.29) is 17.7 Å². The van der Waals surface area contributed by atoms with Gasteiger partial charge in [-0.05, 0) is 25.5 Å². The molecule has 8 nitrogen and oxygen atoms in total. The number of rotatable bonds is 3. The van der Waals surface area contributed by atoms with Crippen molar-refractivity contribution in [1.82, 2.24) is 14.9 Å².